The van der Waals surface area contributed by atoms with Crippen molar-refractivity contribution in [3.63, 3.8) is 0 Å². The molecule has 2 aromatic rings. The van der Waals surface area contributed by atoms with Crippen LogP contribution in [-0.4, -0.2) is 40.8 Å². The number of aromatic nitrogens is 1. The lowest BCUT2D eigenvalue weighted by Gasteiger charge is -2.23. The molecule has 5 heteroatoms. The van der Waals surface area contributed by atoms with Crippen LogP contribution < -0.4 is 4.90 Å². The molecule has 1 aromatic carbocycles. The van der Waals surface area contributed by atoms with E-state index in [0.717, 1.165) is 38.0 Å². The lowest BCUT2D eigenvalue weighted by Crippen LogP contribution is -2.36. The van der Waals surface area contributed by atoms with Crippen LogP contribution in [0.5, 0.6) is 0 Å². The normalized spacial score (nSPS) is 15.5. The van der Waals surface area contributed by atoms with Crippen LogP contribution in [0.2, 0.25) is 0 Å². The summed E-state index contributed by atoms with van der Waals surface area (Å²) in [7, 11) is 0. The average molecular weight is 365 g/mol. The van der Waals surface area contributed by atoms with Crippen molar-refractivity contribution in [1.82, 2.24) is 9.88 Å². The summed E-state index contributed by atoms with van der Waals surface area (Å²) in [6, 6.07) is 11.4. The summed E-state index contributed by atoms with van der Waals surface area (Å²) in [6.45, 7) is 7.59. The molecule has 1 atom stereocenters. The van der Waals surface area contributed by atoms with E-state index in [1.54, 1.807) is 23.2 Å². The van der Waals surface area contributed by atoms with E-state index in [0.29, 0.717) is 11.3 Å². The number of pyridine rings is 1. The largest absolute Gasteiger partial charge is 0.339 e. The van der Waals surface area contributed by atoms with E-state index in [-0.39, 0.29) is 17.9 Å². The van der Waals surface area contributed by atoms with Crippen LogP contribution in [0.15, 0.2) is 42.6 Å². The van der Waals surface area contributed by atoms with E-state index in [4.69, 9.17) is 0 Å². The minimum absolute atomic E-state index is 0.0370. The molecule has 0 bridgehead atoms. The Balaban J connectivity index is 1.87. The zero-order chi connectivity index (χ0) is 19.4. The second kappa shape index (κ2) is 8.33. The Morgan fingerprint density at radius 2 is 1.85 bits per heavy atom. The molecule has 3 rings (SSSR count). The van der Waals surface area contributed by atoms with Gasteiger partial charge in [-0.05, 0) is 49.9 Å². The van der Waals surface area contributed by atoms with Gasteiger partial charge in [0.05, 0.1) is 0 Å². The number of amides is 2. The van der Waals surface area contributed by atoms with Gasteiger partial charge in [0.25, 0.3) is 11.8 Å². The maximum absolute atomic E-state index is 13.2. The molecule has 0 radical (unpaired) electrons. The maximum atomic E-state index is 13.2. The summed E-state index contributed by atoms with van der Waals surface area (Å²) in [5.74, 6) is -0.190. The van der Waals surface area contributed by atoms with Crippen LogP contribution >= 0.6 is 0 Å². The molecule has 0 aliphatic carbocycles. The number of rotatable bonds is 6. The molecule has 5 nitrogen and oxygen atoms in total. The van der Waals surface area contributed by atoms with Gasteiger partial charge in [0.2, 0.25) is 0 Å². The minimum atomic E-state index is -0.153. The zero-order valence-electron chi connectivity index (χ0n) is 16.3. The summed E-state index contributed by atoms with van der Waals surface area (Å²) in [5.41, 5.74) is 2.95. The van der Waals surface area contributed by atoms with E-state index < -0.39 is 0 Å². The molecule has 1 aliphatic heterocycles. The number of carbonyl (C=O) groups excluding carboxylic acids is 2. The van der Waals surface area contributed by atoms with E-state index in [9.17, 15) is 9.59 Å². The van der Waals surface area contributed by atoms with Crippen LogP contribution in [0, 0.1) is 0 Å². The zero-order valence-corrected chi connectivity index (χ0v) is 16.3. The summed E-state index contributed by atoms with van der Waals surface area (Å²) >= 11 is 0. The quantitative estimate of drug-likeness (QED) is 0.779. The number of hydrogen-bond donors (Lipinski definition) is 0. The van der Waals surface area contributed by atoms with Gasteiger partial charge in [-0.2, -0.15) is 0 Å². The highest BCUT2D eigenvalue weighted by atomic mass is 16.2. The fourth-order valence-corrected chi connectivity index (χ4v) is 3.72. The number of nitrogens with zero attached hydrogens (tertiary/aromatic N) is 3. The number of hydrogen-bond acceptors (Lipinski definition) is 3. The molecular formula is C22H27N3O2. The lowest BCUT2D eigenvalue weighted by atomic mass is 10.1. The van der Waals surface area contributed by atoms with Crippen molar-refractivity contribution in [3.8, 4) is 0 Å². The summed E-state index contributed by atoms with van der Waals surface area (Å²) in [6.07, 6.45) is 4.21. The summed E-state index contributed by atoms with van der Waals surface area (Å²) in [4.78, 5) is 33.9. The molecule has 1 aliphatic rings. The second-order valence-corrected chi connectivity index (χ2v) is 7.08. The first-order valence-electron chi connectivity index (χ1n) is 9.73. The molecule has 2 heterocycles. The highest BCUT2D eigenvalue weighted by Crippen LogP contribution is 2.32. The molecule has 1 unspecified atom stereocenters. The van der Waals surface area contributed by atoms with Crippen LogP contribution in [0.25, 0.3) is 0 Å². The van der Waals surface area contributed by atoms with Crippen LogP contribution in [0.3, 0.4) is 0 Å². The van der Waals surface area contributed by atoms with Crippen LogP contribution in [0.1, 0.15) is 60.0 Å². The fourth-order valence-electron chi connectivity index (χ4n) is 3.72. The topological polar surface area (TPSA) is 53.5 Å². The van der Waals surface area contributed by atoms with Gasteiger partial charge in [0, 0.05) is 36.6 Å². The fraction of sp³-hybridized carbons (Fsp3) is 0.409. The predicted octanol–water partition coefficient (Wildman–Crippen LogP) is 3.94. The third kappa shape index (κ3) is 3.87. The Kier molecular flexibility index (Phi) is 5.89. The van der Waals surface area contributed by atoms with Crippen molar-refractivity contribution in [1.29, 1.82) is 0 Å². The molecule has 1 aromatic heterocycles. The maximum Gasteiger partial charge on any atom is 0.277 e. The van der Waals surface area contributed by atoms with Crippen LogP contribution in [-0.2, 0) is 6.42 Å². The molecular weight excluding hydrogens is 338 g/mol. The Morgan fingerprint density at radius 1 is 1.15 bits per heavy atom. The molecule has 27 heavy (non-hydrogen) atoms. The van der Waals surface area contributed by atoms with Crippen molar-refractivity contribution < 1.29 is 9.59 Å². The smallest absolute Gasteiger partial charge is 0.277 e. The Bertz CT molecular complexity index is 828. The van der Waals surface area contributed by atoms with E-state index in [2.05, 4.69) is 24.9 Å². The third-order valence-corrected chi connectivity index (χ3v) is 4.93. The van der Waals surface area contributed by atoms with Gasteiger partial charge in [-0.15, -0.1) is 0 Å². The first kappa shape index (κ1) is 19.1. The monoisotopic (exact) mass is 365 g/mol. The Morgan fingerprint density at radius 3 is 2.56 bits per heavy atom. The summed E-state index contributed by atoms with van der Waals surface area (Å²) in [5, 5.41) is 0. The number of fused-ring (bicyclic) bond motifs is 1. The minimum Gasteiger partial charge on any atom is -0.339 e. The molecule has 0 fully saturated rings. The van der Waals surface area contributed by atoms with Crippen molar-refractivity contribution in [2.75, 3.05) is 18.0 Å². The molecule has 0 N–H and O–H groups in total. The van der Waals surface area contributed by atoms with E-state index >= 15 is 0 Å². The summed E-state index contributed by atoms with van der Waals surface area (Å²) < 4.78 is 0. The number of benzene rings is 1. The number of anilines is 1. The lowest BCUT2D eigenvalue weighted by molar-refractivity contribution is 0.0755. The van der Waals surface area contributed by atoms with Gasteiger partial charge in [-0.1, -0.05) is 32.0 Å². The standard InChI is InChI=1S/C22H27N3O2/c1-4-12-24(13-5-2)21(26)18-10-11-23-19(15-18)22(27)25-16(3)14-17-8-6-7-9-20(17)25/h6-11,15-16H,4-5,12-14H2,1-3H3. The average Bonchev–Trinajstić information content (AvgIpc) is 3.02. The van der Waals surface area contributed by atoms with Gasteiger partial charge in [-0.25, -0.2) is 0 Å². The number of para-hydroxylation sites is 1. The van der Waals surface area contributed by atoms with Gasteiger partial charge in [-0.3, -0.25) is 14.6 Å². The van der Waals surface area contributed by atoms with Crippen molar-refractivity contribution in [3.05, 3.63) is 59.4 Å². The molecule has 2 amide bonds. The SMILES string of the molecule is CCCN(CCC)C(=O)c1ccnc(C(=O)N2c3ccccc3CC2C)c1. The van der Waals surface area contributed by atoms with Crippen molar-refractivity contribution in [2.45, 2.75) is 46.1 Å². The number of carbonyl (C=O) groups is 2. The molecule has 0 saturated heterocycles. The molecule has 142 valence electrons. The van der Waals surface area contributed by atoms with Crippen LogP contribution in [0.4, 0.5) is 5.69 Å². The van der Waals surface area contributed by atoms with Gasteiger partial charge in [0.1, 0.15) is 5.69 Å². The predicted molar refractivity (Wildman–Crippen MR) is 107 cm³/mol. The Hall–Kier alpha value is -2.69. The Labute approximate surface area is 161 Å². The van der Waals surface area contributed by atoms with Crippen molar-refractivity contribution in [2.24, 2.45) is 0 Å². The van der Waals surface area contributed by atoms with E-state index in [1.807, 2.05) is 30.0 Å². The second-order valence-electron chi connectivity index (χ2n) is 7.08. The van der Waals surface area contributed by atoms with E-state index in [1.165, 1.54) is 5.56 Å². The highest BCUT2D eigenvalue weighted by Gasteiger charge is 2.32. The highest BCUT2D eigenvalue weighted by molar-refractivity contribution is 6.07. The van der Waals surface area contributed by atoms with Gasteiger partial charge >= 0.3 is 0 Å². The van der Waals surface area contributed by atoms with Gasteiger partial charge < -0.3 is 9.80 Å². The molecule has 0 saturated carbocycles. The van der Waals surface area contributed by atoms with Crippen molar-refractivity contribution >= 4 is 17.5 Å². The van der Waals surface area contributed by atoms with Gasteiger partial charge in [0.15, 0.2) is 0 Å². The first-order valence-corrected chi connectivity index (χ1v) is 9.73. The molecule has 0 spiro atoms. The first-order chi connectivity index (χ1) is 13.1. The third-order valence-electron chi connectivity index (χ3n) is 4.93.